The molecule has 1 atom stereocenters. The molecule has 0 amide bonds. The van der Waals surface area contributed by atoms with E-state index in [0.717, 1.165) is 33.9 Å². The zero-order chi connectivity index (χ0) is 13.0. The first-order chi connectivity index (χ1) is 8.01. The highest BCUT2D eigenvalue weighted by Crippen LogP contribution is 2.33. The van der Waals surface area contributed by atoms with Crippen LogP contribution in [0.1, 0.15) is 30.5 Å². The largest absolute Gasteiger partial charge is 0.493 e. The van der Waals surface area contributed by atoms with Gasteiger partial charge >= 0.3 is 0 Å². The number of benzene rings is 1. The molecule has 1 aromatic rings. The van der Waals surface area contributed by atoms with Crippen LogP contribution in [0, 0.1) is 32.1 Å². The van der Waals surface area contributed by atoms with E-state index in [2.05, 4.69) is 5.92 Å². The molecule has 0 aromatic heterocycles. The van der Waals surface area contributed by atoms with Crippen LogP contribution in [0.2, 0.25) is 5.02 Å². The molecule has 0 aliphatic carbocycles. The van der Waals surface area contributed by atoms with Crippen LogP contribution in [0.3, 0.4) is 0 Å². The van der Waals surface area contributed by atoms with Crippen molar-refractivity contribution in [2.24, 2.45) is 5.92 Å². The molecule has 1 rings (SSSR count). The molecule has 0 saturated carbocycles. The summed E-state index contributed by atoms with van der Waals surface area (Å²) < 4.78 is 5.72. The molecule has 1 nitrogen and oxygen atoms in total. The molecule has 1 unspecified atom stereocenters. The van der Waals surface area contributed by atoms with Gasteiger partial charge in [0.25, 0.3) is 0 Å². The van der Waals surface area contributed by atoms with Crippen LogP contribution in [-0.4, -0.2) is 6.61 Å². The van der Waals surface area contributed by atoms with Crippen LogP contribution in [0.5, 0.6) is 5.75 Å². The van der Waals surface area contributed by atoms with Crippen molar-refractivity contribution in [3.8, 4) is 18.1 Å². The normalized spacial score (nSPS) is 12.0. The third kappa shape index (κ3) is 3.17. The van der Waals surface area contributed by atoms with Crippen molar-refractivity contribution in [1.29, 1.82) is 0 Å². The lowest BCUT2D eigenvalue weighted by atomic mass is 9.95. The van der Waals surface area contributed by atoms with E-state index < -0.39 is 0 Å². The number of terminal acetylenes is 1. The summed E-state index contributed by atoms with van der Waals surface area (Å²) in [5.41, 5.74) is 3.28. The van der Waals surface area contributed by atoms with Gasteiger partial charge in [0.1, 0.15) is 5.75 Å². The zero-order valence-corrected chi connectivity index (χ0v) is 11.7. The Kier molecular flexibility index (Phi) is 4.90. The third-order valence-corrected chi connectivity index (χ3v) is 3.26. The summed E-state index contributed by atoms with van der Waals surface area (Å²) in [5, 5.41) is 0.783. The Hall–Kier alpha value is -1.13. The predicted octanol–water partition coefficient (Wildman–Crippen LogP) is 4.17. The van der Waals surface area contributed by atoms with E-state index in [1.54, 1.807) is 0 Å². The first kappa shape index (κ1) is 13.9. The molecule has 0 spiro atoms. The highest BCUT2D eigenvalue weighted by molar-refractivity contribution is 6.31. The van der Waals surface area contributed by atoms with Gasteiger partial charge in [-0.05, 0) is 44.4 Å². The molecule has 0 bridgehead atoms. The van der Waals surface area contributed by atoms with Crippen molar-refractivity contribution >= 4 is 11.6 Å². The Morgan fingerprint density at radius 2 is 2.12 bits per heavy atom. The lowest BCUT2D eigenvalue weighted by Gasteiger charge is -2.18. The summed E-state index contributed by atoms with van der Waals surface area (Å²) in [6.07, 6.45) is 6.25. The third-order valence-electron chi connectivity index (χ3n) is 2.87. The van der Waals surface area contributed by atoms with Crippen molar-refractivity contribution < 1.29 is 4.74 Å². The average Bonchev–Trinajstić information content (AvgIpc) is 2.30. The number of hydrogen-bond acceptors (Lipinski definition) is 1. The Bertz CT molecular complexity index is 443. The van der Waals surface area contributed by atoms with E-state index in [-0.39, 0.29) is 5.92 Å². The van der Waals surface area contributed by atoms with Crippen LogP contribution >= 0.6 is 11.6 Å². The lowest BCUT2D eigenvalue weighted by molar-refractivity contribution is 0.333. The van der Waals surface area contributed by atoms with E-state index >= 15 is 0 Å². The standard InChI is InChI=1S/C15H19ClO/c1-6-10(3)8-13-12(5)14(16)9-11(4)15(13)17-7-2/h1,9-10H,7-8H2,2-5H3. The molecule has 0 radical (unpaired) electrons. The average molecular weight is 251 g/mol. The van der Waals surface area contributed by atoms with Crippen LogP contribution in [0.4, 0.5) is 0 Å². The maximum absolute atomic E-state index is 6.21. The van der Waals surface area contributed by atoms with E-state index in [4.69, 9.17) is 22.8 Å². The number of hydrogen-bond donors (Lipinski definition) is 0. The summed E-state index contributed by atoms with van der Waals surface area (Å²) in [7, 11) is 0. The predicted molar refractivity (Wildman–Crippen MR) is 73.8 cm³/mol. The summed E-state index contributed by atoms with van der Waals surface area (Å²) in [6, 6.07) is 1.95. The molecule has 92 valence electrons. The fourth-order valence-corrected chi connectivity index (χ4v) is 2.15. The molecule has 0 N–H and O–H groups in total. The van der Waals surface area contributed by atoms with Gasteiger partial charge in [-0.15, -0.1) is 12.3 Å². The van der Waals surface area contributed by atoms with E-state index in [1.807, 2.05) is 33.8 Å². The van der Waals surface area contributed by atoms with Crippen LogP contribution in [-0.2, 0) is 6.42 Å². The van der Waals surface area contributed by atoms with Gasteiger partial charge in [-0.1, -0.05) is 18.5 Å². The summed E-state index contributed by atoms with van der Waals surface area (Å²) in [5.74, 6) is 3.88. The second kappa shape index (κ2) is 5.98. The van der Waals surface area contributed by atoms with Crippen LogP contribution < -0.4 is 4.74 Å². The van der Waals surface area contributed by atoms with Crippen molar-refractivity contribution in [2.75, 3.05) is 6.61 Å². The topological polar surface area (TPSA) is 9.23 Å². The van der Waals surface area contributed by atoms with E-state index in [9.17, 15) is 0 Å². The fraction of sp³-hybridized carbons (Fsp3) is 0.467. The molecule has 0 aliphatic rings. The molecule has 2 heteroatoms. The molecule has 17 heavy (non-hydrogen) atoms. The van der Waals surface area contributed by atoms with Crippen molar-refractivity contribution in [3.05, 3.63) is 27.8 Å². The van der Waals surface area contributed by atoms with Crippen molar-refractivity contribution in [2.45, 2.75) is 34.1 Å². The van der Waals surface area contributed by atoms with Crippen molar-refractivity contribution in [3.63, 3.8) is 0 Å². The SMILES string of the molecule is C#CC(C)Cc1c(C)c(Cl)cc(C)c1OCC. The maximum atomic E-state index is 6.21. The monoisotopic (exact) mass is 250 g/mol. The van der Waals surface area contributed by atoms with Gasteiger partial charge in [0.05, 0.1) is 6.61 Å². The Balaban J connectivity index is 3.27. The molecule has 0 heterocycles. The minimum absolute atomic E-state index is 0.186. The van der Waals surface area contributed by atoms with Gasteiger partial charge in [-0.3, -0.25) is 0 Å². The molecule has 0 aliphatic heterocycles. The molecule has 0 fully saturated rings. The lowest BCUT2D eigenvalue weighted by Crippen LogP contribution is -2.05. The zero-order valence-electron chi connectivity index (χ0n) is 10.9. The molecule has 0 saturated heterocycles. The van der Waals surface area contributed by atoms with Gasteiger partial charge < -0.3 is 4.74 Å². The minimum atomic E-state index is 0.186. The van der Waals surface area contributed by atoms with Crippen LogP contribution in [0.15, 0.2) is 6.07 Å². The quantitative estimate of drug-likeness (QED) is 0.729. The summed E-state index contributed by atoms with van der Waals surface area (Å²) in [6.45, 7) is 8.70. The fourth-order valence-electron chi connectivity index (χ4n) is 1.87. The van der Waals surface area contributed by atoms with E-state index in [0.29, 0.717) is 6.61 Å². The van der Waals surface area contributed by atoms with Gasteiger partial charge in [0.15, 0.2) is 0 Å². The first-order valence-electron chi connectivity index (χ1n) is 5.88. The summed E-state index contributed by atoms with van der Waals surface area (Å²) in [4.78, 5) is 0. The smallest absolute Gasteiger partial charge is 0.125 e. The van der Waals surface area contributed by atoms with Gasteiger partial charge in [-0.2, -0.15) is 0 Å². The number of halogens is 1. The second-order valence-electron chi connectivity index (χ2n) is 4.31. The molecule has 1 aromatic carbocycles. The Morgan fingerprint density at radius 1 is 1.47 bits per heavy atom. The maximum Gasteiger partial charge on any atom is 0.125 e. The second-order valence-corrected chi connectivity index (χ2v) is 4.72. The highest BCUT2D eigenvalue weighted by atomic mass is 35.5. The number of aryl methyl sites for hydroxylation is 1. The minimum Gasteiger partial charge on any atom is -0.493 e. The Labute approximate surface area is 109 Å². The summed E-state index contributed by atoms with van der Waals surface area (Å²) >= 11 is 6.21. The van der Waals surface area contributed by atoms with E-state index in [1.165, 1.54) is 0 Å². The van der Waals surface area contributed by atoms with Crippen molar-refractivity contribution in [1.82, 2.24) is 0 Å². The number of ether oxygens (including phenoxy) is 1. The molecular weight excluding hydrogens is 232 g/mol. The first-order valence-corrected chi connectivity index (χ1v) is 6.26. The molecular formula is C15H19ClO. The van der Waals surface area contributed by atoms with Crippen LogP contribution in [0.25, 0.3) is 0 Å². The van der Waals surface area contributed by atoms with Gasteiger partial charge in [0, 0.05) is 16.5 Å². The van der Waals surface area contributed by atoms with Gasteiger partial charge in [-0.25, -0.2) is 0 Å². The number of rotatable bonds is 4. The Morgan fingerprint density at radius 3 is 2.65 bits per heavy atom. The highest BCUT2D eigenvalue weighted by Gasteiger charge is 2.15. The van der Waals surface area contributed by atoms with Gasteiger partial charge in [0.2, 0.25) is 0 Å².